The summed E-state index contributed by atoms with van der Waals surface area (Å²) in [6, 6.07) is 0. The van der Waals surface area contributed by atoms with E-state index in [0.29, 0.717) is 13.1 Å². The lowest BCUT2D eigenvalue weighted by Crippen LogP contribution is -2.42. The van der Waals surface area contributed by atoms with E-state index >= 15 is 0 Å². The van der Waals surface area contributed by atoms with E-state index in [1.165, 1.54) is 0 Å². The van der Waals surface area contributed by atoms with Gasteiger partial charge in [0.05, 0.1) is 48.1 Å². The molecule has 1 unspecified atom stereocenters. The molecule has 1 aliphatic heterocycles. The number of fused-ring (bicyclic) bond motifs is 1. The highest BCUT2D eigenvalue weighted by Crippen LogP contribution is 2.35. The molecule has 0 spiro atoms. The van der Waals surface area contributed by atoms with Gasteiger partial charge in [0.1, 0.15) is 0 Å². The van der Waals surface area contributed by atoms with Crippen molar-refractivity contribution in [2.75, 3.05) is 6.54 Å². The molecule has 7 nitrogen and oxygen atoms in total. The Morgan fingerprint density at radius 2 is 2.19 bits per heavy atom. The normalized spacial score (nSPS) is 22.9. The SMILES string of the molecule is Cc1cnnn1Cc1ncn2c1CN(C(=O)C1(C)CC=CCC1)CCC2. The average molecular weight is 354 g/mol. The van der Waals surface area contributed by atoms with E-state index in [4.69, 9.17) is 0 Å². The van der Waals surface area contributed by atoms with Crippen molar-refractivity contribution in [1.29, 1.82) is 0 Å². The molecule has 2 aliphatic rings. The fourth-order valence-corrected chi connectivity index (χ4v) is 3.97. The van der Waals surface area contributed by atoms with Crippen molar-refractivity contribution in [2.24, 2.45) is 5.41 Å². The summed E-state index contributed by atoms with van der Waals surface area (Å²) in [7, 11) is 0. The molecule has 26 heavy (non-hydrogen) atoms. The highest BCUT2D eigenvalue weighted by Gasteiger charge is 2.37. The molecule has 0 radical (unpaired) electrons. The summed E-state index contributed by atoms with van der Waals surface area (Å²) in [4.78, 5) is 19.9. The Labute approximate surface area is 153 Å². The van der Waals surface area contributed by atoms with Crippen LogP contribution in [0.3, 0.4) is 0 Å². The van der Waals surface area contributed by atoms with Gasteiger partial charge in [-0.05, 0) is 32.6 Å². The fraction of sp³-hybridized carbons (Fsp3) is 0.579. The van der Waals surface area contributed by atoms with Crippen molar-refractivity contribution < 1.29 is 4.79 Å². The molecule has 3 heterocycles. The van der Waals surface area contributed by atoms with Crippen LogP contribution in [0, 0.1) is 12.3 Å². The highest BCUT2D eigenvalue weighted by atomic mass is 16.2. The zero-order valence-corrected chi connectivity index (χ0v) is 15.6. The maximum absolute atomic E-state index is 13.3. The lowest BCUT2D eigenvalue weighted by Gasteiger charge is -2.35. The minimum Gasteiger partial charge on any atom is -0.336 e. The zero-order valence-electron chi connectivity index (χ0n) is 15.6. The summed E-state index contributed by atoms with van der Waals surface area (Å²) in [5.74, 6) is 0.277. The number of allylic oxidation sites excluding steroid dienone is 2. The van der Waals surface area contributed by atoms with E-state index in [1.807, 2.05) is 22.8 Å². The van der Waals surface area contributed by atoms with E-state index in [1.54, 1.807) is 6.20 Å². The average Bonchev–Trinajstić information content (AvgIpc) is 3.14. The zero-order chi connectivity index (χ0) is 18.1. The number of imidazole rings is 1. The third-order valence-corrected chi connectivity index (χ3v) is 5.71. The molecule has 1 atom stereocenters. The first-order valence-corrected chi connectivity index (χ1v) is 9.39. The topological polar surface area (TPSA) is 68.8 Å². The molecule has 2 aromatic rings. The van der Waals surface area contributed by atoms with Gasteiger partial charge < -0.3 is 9.47 Å². The smallest absolute Gasteiger partial charge is 0.229 e. The number of amides is 1. The summed E-state index contributed by atoms with van der Waals surface area (Å²) < 4.78 is 4.05. The second-order valence-corrected chi connectivity index (χ2v) is 7.72. The highest BCUT2D eigenvalue weighted by molar-refractivity contribution is 5.82. The number of carbonyl (C=O) groups excluding carboxylic acids is 1. The number of hydrogen-bond acceptors (Lipinski definition) is 4. The third-order valence-electron chi connectivity index (χ3n) is 5.71. The molecular formula is C19H26N6O. The summed E-state index contributed by atoms with van der Waals surface area (Å²) in [5, 5.41) is 8.08. The van der Waals surface area contributed by atoms with Gasteiger partial charge in [-0.1, -0.05) is 24.3 Å². The van der Waals surface area contributed by atoms with E-state index < -0.39 is 0 Å². The van der Waals surface area contributed by atoms with Crippen LogP contribution in [-0.2, 0) is 24.4 Å². The van der Waals surface area contributed by atoms with Gasteiger partial charge in [-0.3, -0.25) is 4.79 Å². The van der Waals surface area contributed by atoms with Gasteiger partial charge in [0.2, 0.25) is 5.91 Å². The van der Waals surface area contributed by atoms with Gasteiger partial charge in [0.15, 0.2) is 0 Å². The van der Waals surface area contributed by atoms with Gasteiger partial charge in [-0.25, -0.2) is 9.67 Å². The minimum atomic E-state index is -0.271. The Morgan fingerprint density at radius 1 is 1.31 bits per heavy atom. The first kappa shape index (κ1) is 17.0. The van der Waals surface area contributed by atoms with Crippen LogP contribution in [-0.4, -0.2) is 41.9 Å². The van der Waals surface area contributed by atoms with Crippen LogP contribution in [0.2, 0.25) is 0 Å². The quantitative estimate of drug-likeness (QED) is 0.793. The van der Waals surface area contributed by atoms with Crippen LogP contribution < -0.4 is 0 Å². The summed E-state index contributed by atoms with van der Waals surface area (Å²) in [5.41, 5.74) is 2.84. The van der Waals surface area contributed by atoms with Crippen molar-refractivity contribution in [1.82, 2.24) is 29.4 Å². The van der Waals surface area contributed by atoms with E-state index in [-0.39, 0.29) is 11.3 Å². The lowest BCUT2D eigenvalue weighted by atomic mass is 9.77. The van der Waals surface area contributed by atoms with Gasteiger partial charge in [0.25, 0.3) is 0 Å². The van der Waals surface area contributed by atoms with Crippen LogP contribution >= 0.6 is 0 Å². The van der Waals surface area contributed by atoms with Crippen molar-refractivity contribution in [3.05, 3.63) is 41.8 Å². The maximum Gasteiger partial charge on any atom is 0.229 e. The molecule has 7 heteroatoms. The first-order chi connectivity index (χ1) is 12.6. The minimum absolute atomic E-state index is 0.271. The van der Waals surface area contributed by atoms with Crippen molar-refractivity contribution in [2.45, 2.75) is 59.2 Å². The van der Waals surface area contributed by atoms with Crippen molar-refractivity contribution in [3.8, 4) is 0 Å². The number of rotatable bonds is 3. The lowest BCUT2D eigenvalue weighted by molar-refractivity contribution is -0.142. The van der Waals surface area contributed by atoms with Gasteiger partial charge in [-0.2, -0.15) is 0 Å². The van der Waals surface area contributed by atoms with Crippen LogP contribution in [0.4, 0.5) is 0 Å². The number of carbonyl (C=O) groups is 1. The third kappa shape index (κ3) is 3.06. The van der Waals surface area contributed by atoms with Gasteiger partial charge in [-0.15, -0.1) is 5.10 Å². The molecular weight excluding hydrogens is 328 g/mol. The summed E-state index contributed by atoms with van der Waals surface area (Å²) in [6.07, 6.45) is 11.7. The fourth-order valence-electron chi connectivity index (χ4n) is 3.97. The molecule has 1 aliphatic carbocycles. The number of aromatic nitrogens is 5. The van der Waals surface area contributed by atoms with Crippen LogP contribution in [0.25, 0.3) is 0 Å². The molecule has 0 aromatic carbocycles. The largest absolute Gasteiger partial charge is 0.336 e. The number of nitrogens with zero attached hydrogens (tertiary/aromatic N) is 6. The molecule has 0 fully saturated rings. The molecule has 0 N–H and O–H groups in total. The second-order valence-electron chi connectivity index (χ2n) is 7.72. The molecule has 4 rings (SSSR count). The monoisotopic (exact) mass is 354 g/mol. The Bertz CT molecular complexity index is 835. The Hall–Kier alpha value is -2.44. The molecule has 0 saturated heterocycles. The maximum atomic E-state index is 13.3. The van der Waals surface area contributed by atoms with E-state index in [9.17, 15) is 4.79 Å². The van der Waals surface area contributed by atoms with Crippen molar-refractivity contribution in [3.63, 3.8) is 0 Å². The Balaban J connectivity index is 1.58. The predicted octanol–water partition coefficient (Wildman–Crippen LogP) is 2.31. The second kappa shape index (κ2) is 6.70. The first-order valence-electron chi connectivity index (χ1n) is 9.39. The summed E-state index contributed by atoms with van der Waals surface area (Å²) >= 11 is 0. The summed E-state index contributed by atoms with van der Waals surface area (Å²) in [6.45, 7) is 7.03. The Kier molecular flexibility index (Phi) is 4.38. The predicted molar refractivity (Wildman–Crippen MR) is 97.2 cm³/mol. The Morgan fingerprint density at radius 3 is 2.92 bits per heavy atom. The van der Waals surface area contributed by atoms with Crippen LogP contribution in [0.15, 0.2) is 24.7 Å². The van der Waals surface area contributed by atoms with E-state index in [0.717, 1.165) is 55.9 Å². The van der Waals surface area contributed by atoms with Crippen molar-refractivity contribution >= 4 is 5.91 Å². The molecule has 0 bridgehead atoms. The molecule has 138 valence electrons. The van der Waals surface area contributed by atoms with Crippen LogP contribution in [0.5, 0.6) is 0 Å². The molecule has 2 aromatic heterocycles. The van der Waals surface area contributed by atoms with E-state index in [2.05, 4.69) is 38.9 Å². The molecule has 1 amide bonds. The van der Waals surface area contributed by atoms with Crippen LogP contribution in [0.1, 0.15) is 49.7 Å². The van der Waals surface area contributed by atoms with Gasteiger partial charge >= 0.3 is 0 Å². The molecule has 0 saturated carbocycles. The number of aryl methyl sites for hydroxylation is 2. The number of hydrogen-bond donors (Lipinski definition) is 0. The standard InChI is InChI=1S/C19H26N6O/c1-15-11-21-22-25(15)12-16-17-13-23(9-6-10-24(17)14-20-16)18(26)19(2)7-4-3-5-8-19/h3-4,11,14H,5-10,12-13H2,1-2H3. The van der Waals surface area contributed by atoms with Gasteiger partial charge in [0, 0.05) is 13.1 Å².